The highest BCUT2D eigenvalue weighted by Crippen LogP contribution is 2.45. The lowest BCUT2D eigenvalue weighted by Crippen LogP contribution is -2.62. The molecule has 2 aromatic rings. The number of rotatable bonds is 2. The molecule has 0 aromatic heterocycles. The fraction of sp³-hybridized carbons (Fsp3) is 0.429. The quantitative estimate of drug-likeness (QED) is 0.657. The van der Waals surface area contributed by atoms with Gasteiger partial charge in [-0.05, 0) is 49.3 Å². The third-order valence-corrected chi connectivity index (χ3v) is 8.72. The van der Waals surface area contributed by atoms with Gasteiger partial charge in [0.2, 0.25) is 11.8 Å². The molecule has 0 spiro atoms. The summed E-state index contributed by atoms with van der Waals surface area (Å²) in [7, 11) is 0. The van der Waals surface area contributed by atoms with Crippen LogP contribution in [0.5, 0.6) is 0 Å². The molecule has 8 nitrogen and oxygen atoms in total. The summed E-state index contributed by atoms with van der Waals surface area (Å²) in [5, 5.41) is 0. The summed E-state index contributed by atoms with van der Waals surface area (Å²) < 4.78 is 0. The number of anilines is 1. The molecule has 3 fully saturated rings. The van der Waals surface area contributed by atoms with Gasteiger partial charge in [0, 0.05) is 43.2 Å². The molecule has 8 heteroatoms. The molecule has 5 aliphatic heterocycles. The van der Waals surface area contributed by atoms with Crippen LogP contribution in [0.1, 0.15) is 58.1 Å². The first kappa shape index (κ1) is 21.6. The van der Waals surface area contributed by atoms with Crippen LogP contribution in [0.4, 0.5) is 5.69 Å². The number of para-hydroxylation sites is 1. The Balaban J connectivity index is 1.19. The van der Waals surface area contributed by atoms with E-state index in [1.165, 1.54) is 0 Å². The van der Waals surface area contributed by atoms with Crippen molar-refractivity contribution < 1.29 is 19.2 Å². The van der Waals surface area contributed by atoms with Crippen molar-refractivity contribution in [3.8, 4) is 0 Å². The van der Waals surface area contributed by atoms with Gasteiger partial charge in [0.1, 0.15) is 12.7 Å². The van der Waals surface area contributed by atoms with Gasteiger partial charge in [-0.15, -0.1) is 0 Å². The van der Waals surface area contributed by atoms with Gasteiger partial charge >= 0.3 is 0 Å². The molecule has 5 aliphatic rings. The SMILES string of the molecule is O=C(CN1C(=O)c2ccccc2N2C(=O)c3ccccc3[C@H]12)N1C[C@H]2C[C@@H](C1)[C@@H]1CCCC(=O)N1C2. The van der Waals surface area contributed by atoms with Crippen LogP contribution in [-0.4, -0.2) is 70.5 Å². The van der Waals surface area contributed by atoms with E-state index in [0.29, 0.717) is 36.3 Å². The fourth-order valence-corrected chi connectivity index (χ4v) is 7.19. The van der Waals surface area contributed by atoms with Gasteiger partial charge in [0.25, 0.3) is 11.8 Å². The number of hydrogen-bond donors (Lipinski definition) is 0. The lowest BCUT2D eigenvalue weighted by molar-refractivity contribution is -0.149. The molecular weight excluding hydrogens is 456 g/mol. The molecule has 4 amide bonds. The lowest BCUT2D eigenvalue weighted by Gasteiger charge is -2.52. The van der Waals surface area contributed by atoms with Crippen LogP contribution < -0.4 is 4.90 Å². The van der Waals surface area contributed by atoms with Crippen LogP contribution >= 0.6 is 0 Å². The van der Waals surface area contributed by atoms with Crippen molar-refractivity contribution in [1.29, 1.82) is 0 Å². The summed E-state index contributed by atoms with van der Waals surface area (Å²) in [6.45, 7) is 1.86. The summed E-state index contributed by atoms with van der Waals surface area (Å²) in [5.74, 6) is 0.337. The molecule has 2 bridgehead atoms. The van der Waals surface area contributed by atoms with Crippen LogP contribution in [0.2, 0.25) is 0 Å². The third-order valence-electron chi connectivity index (χ3n) is 8.72. The van der Waals surface area contributed by atoms with Crippen LogP contribution in [0.25, 0.3) is 0 Å². The van der Waals surface area contributed by atoms with Gasteiger partial charge in [-0.2, -0.15) is 0 Å². The normalized spacial score (nSPS) is 28.5. The average molecular weight is 485 g/mol. The Kier molecular flexibility index (Phi) is 4.75. The summed E-state index contributed by atoms with van der Waals surface area (Å²) >= 11 is 0. The minimum atomic E-state index is -0.629. The van der Waals surface area contributed by atoms with Crippen molar-refractivity contribution in [3.63, 3.8) is 0 Å². The zero-order valence-electron chi connectivity index (χ0n) is 20.0. The molecular formula is C28H28N4O4. The van der Waals surface area contributed by atoms with E-state index >= 15 is 0 Å². The third kappa shape index (κ3) is 3.06. The summed E-state index contributed by atoms with van der Waals surface area (Å²) in [6, 6.07) is 14.7. The molecule has 0 radical (unpaired) electrons. The maximum atomic E-state index is 13.7. The van der Waals surface area contributed by atoms with Gasteiger partial charge in [0.15, 0.2) is 0 Å². The predicted molar refractivity (Wildman–Crippen MR) is 131 cm³/mol. The molecule has 36 heavy (non-hydrogen) atoms. The first-order chi connectivity index (χ1) is 17.5. The highest BCUT2D eigenvalue weighted by Gasteiger charge is 2.49. The van der Waals surface area contributed by atoms with Crippen LogP contribution in [-0.2, 0) is 9.59 Å². The predicted octanol–water partition coefficient (Wildman–Crippen LogP) is 2.66. The summed E-state index contributed by atoms with van der Waals surface area (Å²) in [4.78, 5) is 60.4. The van der Waals surface area contributed by atoms with Gasteiger partial charge in [-0.25, -0.2) is 0 Å². The number of hydrogen-bond acceptors (Lipinski definition) is 4. The highest BCUT2D eigenvalue weighted by atomic mass is 16.2. The Hall–Kier alpha value is -3.68. The first-order valence-electron chi connectivity index (χ1n) is 12.9. The van der Waals surface area contributed by atoms with Crippen LogP contribution in [0.15, 0.2) is 48.5 Å². The van der Waals surface area contributed by atoms with E-state index in [1.807, 2.05) is 29.2 Å². The number of likely N-dealkylation sites (tertiary alicyclic amines) is 1. The second-order valence-corrected chi connectivity index (χ2v) is 10.8. The Bertz CT molecular complexity index is 1310. The van der Waals surface area contributed by atoms with E-state index < -0.39 is 6.17 Å². The molecule has 0 unspecified atom stereocenters. The van der Waals surface area contributed by atoms with E-state index in [1.54, 1.807) is 34.1 Å². The van der Waals surface area contributed by atoms with Gasteiger partial charge in [-0.1, -0.05) is 30.3 Å². The minimum absolute atomic E-state index is 0.0807. The second kappa shape index (κ2) is 7.91. The van der Waals surface area contributed by atoms with Crippen molar-refractivity contribution in [3.05, 3.63) is 65.2 Å². The van der Waals surface area contributed by atoms with Crippen LogP contribution in [0, 0.1) is 11.8 Å². The maximum absolute atomic E-state index is 13.7. The topological polar surface area (TPSA) is 81.2 Å². The largest absolute Gasteiger partial charge is 0.340 e. The number of carbonyl (C=O) groups is 4. The van der Waals surface area contributed by atoms with E-state index in [9.17, 15) is 19.2 Å². The number of carbonyl (C=O) groups excluding carboxylic acids is 4. The Labute approximate surface area is 209 Å². The minimum Gasteiger partial charge on any atom is -0.340 e. The standard InChI is InChI=1S/C28H28N4O4/c33-24-11-5-10-22-18-12-17(14-30(22)24)13-29(15-18)25(34)16-31-26-19-6-1-2-7-20(19)28(36)32(26)23-9-4-3-8-21(23)27(31)35/h1-4,6-9,17-18,22,26H,5,10-16H2/t17-,18+,22+,26-/m1/s1. The molecule has 0 aliphatic carbocycles. The first-order valence-corrected chi connectivity index (χ1v) is 12.9. The Morgan fingerprint density at radius 2 is 1.67 bits per heavy atom. The van der Waals surface area contributed by atoms with Crippen molar-refractivity contribution in [2.24, 2.45) is 11.8 Å². The maximum Gasteiger partial charge on any atom is 0.260 e. The monoisotopic (exact) mass is 484 g/mol. The highest BCUT2D eigenvalue weighted by molar-refractivity contribution is 6.17. The van der Waals surface area contributed by atoms with Gasteiger partial charge in [0.05, 0.1) is 11.3 Å². The van der Waals surface area contributed by atoms with Crippen molar-refractivity contribution in [1.82, 2.24) is 14.7 Å². The van der Waals surface area contributed by atoms with E-state index in [2.05, 4.69) is 4.90 Å². The van der Waals surface area contributed by atoms with E-state index in [4.69, 9.17) is 0 Å². The van der Waals surface area contributed by atoms with Crippen molar-refractivity contribution in [2.45, 2.75) is 37.9 Å². The molecule has 4 atom stereocenters. The number of benzene rings is 2. The lowest BCUT2D eigenvalue weighted by atomic mass is 9.76. The molecule has 2 aromatic carbocycles. The molecule has 3 saturated heterocycles. The average Bonchev–Trinajstić information content (AvgIpc) is 3.19. The van der Waals surface area contributed by atoms with Crippen molar-refractivity contribution in [2.75, 3.05) is 31.1 Å². The summed E-state index contributed by atoms with van der Waals surface area (Å²) in [5.41, 5.74) is 2.35. The second-order valence-electron chi connectivity index (χ2n) is 10.8. The molecule has 5 heterocycles. The zero-order chi connectivity index (χ0) is 24.6. The number of piperidine rings is 3. The van der Waals surface area contributed by atoms with E-state index in [-0.39, 0.29) is 48.1 Å². The fourth-order valence-electron chi connectivity index (χ4n) is 7.19. The molecule has 184 valence electrons. The summed E-state index contributed by atoms with van der Waals surface area (Å²) in [6.07, 6.45) is 2.97. The molecule has 0 N–H and O–H groups in total. The Morgan fingerprint density at radius 3 is 2.53 bits per heavy atom. The number of nitrogens with zero attached hydrogens (tertiary/aromatic N) is 4. The van der Waals surface area contributed by atoms with E-state index in [0.717, 1.165) is 31.4 Å². The zero-order valence-corrected chi connectivity index (χ0v) is 20.0. The van der Waals surface area contributed by atoms with Crippen molar-refractivity contribution >= 4 is 29.3 Å². The van der Waals surface area contributed by atoms with Gasteiger partial charge < -0.3 is 14.7 Å². The molecule has 0 saturated carbocycles. The van der Waals surface area contributed by atoms with Gasteiger partial charge in [-0.3, -0.25) is 24.1 Å². The number of fused-ring (bicyclic) bond motifs is 9. The smallest absolute Gasteiger partial charge is 0.260 e. The van der Waals surface area contributed by atoms with Crippen LogP contribution in [0.3, 0.4) is 0 Å². The number of amides is 4. The molecule has 7 rings (SSSR count). The Morgan fingerprint density at radius 1 is 0.889 bits per heavy atom.